The molecule has 18 heteroatoms. The van der Waals surface area contributed by atoms with E-state index in [0.717, 1.165) is 13.2 Å². The van der Waals surface area contributed by atoms with Gasteiger partial charge in [0.2, 0.25) is 5.91 Å². The Morgan fingerprint density at radius 1 is 0.710 bits per heavy atom. The Labute approximate surface area is 353 Å². The number of methoxy groups -OCH3 is 2. The average molecular weight is 843 g/mol. The molecule has 0 bridgehead atoms. The number of carbonyl (C=O) groups excluding carboxylic acids is 5. The van der Waals surface area contributed by atoms with Crippen molar-refractivity contribution < 1.29 is 58.7 Å². The van der Waals surface area contributed by atoms with Crippen LogP contribution < -0.4 is 36.1 Å². The summed E-state index contributed by atoms with van der Waals surface area (Å²) in [7, 11) is 2.36. The molecule has 0 aliphatic carbocycles. The van der Waals surface area contributed by atoms with Gasteiger partial charge in [0.15, 0.2) is 23.0 Å². The summed E-state index contributed by atoms with van der Waals surface area (Å²) in [5.74, 6) is -4.28. The average Bonchev–Trinajstić information content (AvgIpc) is 3.24. The first kappa shape index (κ1) is 44.3. The summed E-state index contributed by atoms with van der Waals surface area (Å²) in [6.45, 7) is 1.61. The van der Waals surface area contributed by atoms with Gasteiger partial charge in [0.25, 0.3) is 23.6 Å². The highest BCUT2D eigenvalue weighted by Crippen LogP contribution is 2.40. The lowest BCUT2D eigenvalue weighted by Gasteiger charge is -2.17. The quantitative estimate of drug-likeness (QED) is 0.0484. The summed E-state index contributed by atoms with van der Waals surface area (Å²) in [5.41, 5.74) is 0.842. The van der Waals surface area contributed by atoms with Crippen LogP contribution in [0.15, 0.2) is 96.7 Å². The summed E-state index contributed by atoms with van der Waals surface area (Å²) < 4.78 is 10.3. The van der Waals surface area contributed by atoms with Crippen molar-refractivity contribution in [2.24, 2.45) is 0 Å². The first-order valence-electron chi connectivity index (χ1n) is 18.2. The zero-order chi connectivity index (χ0) is 45.1. The molecule has 0 spiro atoms. The van der Waals surface area contributed by atoms with E-state index in [1.54, 1.807) is 25.1 Å². The van der Waals surface area contributed by atoms with E-state index in [1.807, 2.05) is 0 Å². The second-order valence-electron chi connectivity index (χ2n) is 13.1. The van der Waals surface area contributed by atoms with Crippen LogP contribution in [0.2, 0.25) is 0 Å². The number of benzene rings is 4. The lowest BCUT2D eigenvalue weighted by Crippen LogP contribution is -2.43. The van der Waals surface area contributed by atoms with Crippen molar-refractivity contribution in [2.45, 2.75) is 19.4 Å². The molecule has 0 aliphatic rings. The SMILES string of the molecule is C#CC[C@H](NC(=O)c1ccc(NC(=O)/C(C)=C/c2ccc(O)cc2)cn1)C(=O)Nc1ccc(C(=O)Nc2ccc(C(=O)Nc3ccc(C(=O)O)c(O)c3OC)c(O)c2OC)cc1. The number of phenols is 3. The Bertz CT molecular complexity index is 2620. The number of pyridine rings is 1. The molecule has 0 fully saturated rings. The minimum Gasteiger partial charge on any atom is -0.508 e. The molecule has 316 valence electrons. The molecule has 5 rings (SSSR count). The zero-order valence-corrected chi connectivity index (χ0v) is 33.1. The van der Waals surface area contributed by atoms with E-state index >= 15 is 0 Å². The van der Waals surface area contributed by atoms with E-state index in [2.05, 4.69) is 37.5 Å². The van der Waals surface area contributed by atoms with Gasteiger partial charge in [0.1, 0.15) is 23.0 Å². The molecule has 0 radical (unpaired) electrons. The van der Waals surface area contributed by atoms with Crippen molar-refractivity contribution >= 4 is 64.3 Å². The normalized spacial score (nSPS) is 11.2. The van der Waals surface area contributed by atoms with Gasteiger partial charge in [0, 0.05) is 23.2 Å². The van der Waals surface area contributed by atoms with Gasteiger partial charge >= 0.3 is 5.97 Å². The number of hydrogen-bond donors (Lipinski definition) is 9. The highest BCUT2D eigenvalue weighted by molar-refractivity contribution is 6.11. The molecular formula is C44H38N6O12. The number of nitrogens with zero attached hydrogens (tertiary/aromatic N) is 1. The van der Waals surface area contributed by atoms with E-state index in [1.165, 1.54) is 80.0 Å². The number of phenolic OH excluding ortho intramolecular Hbond substituents is 2. The Kier molecular flexibility index (Phi) is 14.1. The topological polar surface area (TPSA) is 275 Å². The van der Waals surface area contributed by atoms with Crippen LogP contribution in [0.4, 0.5) is 22.7 Å². The van der Waals surface area contributed by atoms with E-state index in [0.29, 0.717) is 16.8 Å². The summed E-state index contributed by atoms with van der Waals surface area (Å²) in [6, 6.07) is 18.3. The fraction of sp³-hybridized carbons (Fsp3) is 0.114. The molecule has 1 aromatic heterocycles. The summed E-state index contributed by atoms with van der Waals surface area (Å²) >= 11 is 0. The van der Waals surface area contributed by atoms with Gasteiger partial charge in [-0.1, -0.05) is 12.1 Å². The Morgan fingerprint density at radius 2 is 1.29 bits per heavy atom. The second-order valence-corrected chi connectivity index (χ2v) is 13.1. The number of aromatic carboxylic acids is 1. The van der Waals surface area contributed by atoms with Crippen molar-refractivity contribution in [2.75, 3.05) is 35.5 Å². The first-order chi connectivity index (χ1) is 29.6. The molecule has 5 amide bonds. The van der Waals surface area contributed by atoms with Crippen LogP contribution in [0.5, 0.6) is 28.7 Å². The highest BCUT2D eigenvalue weighted by Gasteiger charge is 2.25. The number of hydrogen-bond acceptors (Lipinski definition) is 12. The van der Waals surface area contributed by atoms with Crippen molar-refractivity contribution in [1.29, 1.82) is 0 Å². The minimum atomic E-state index is -1.42. The third-order valence-corrected chi connectivity index (χ3v) is 8.89. The number of anilines is 4. The van der Waals surface area contributed by atoms with E-state index in [4.69, 9.17) is 15.9 Å². The van der Waals surface area contributed by atoms with E-state index in [9.17, 15) is 49.2 Å². The molecule has 62 heavy (non-hydrogen) atoms. The monoisotopic (exact) mass is 842 g/mol. The maximum absolute atomic E-state index is 13.2. The molecule has 18 nitrogen and oxygen atoms in total. The lowest BCUT2D eigenvalue weighted by atomic mass is 10.1. The maximum Gasteiger partial charge on any atom is 0.339 e. The lowest BCUT2D eigenvalue weighted by molar-refractivity contribution is -0.118. The molecule has 0 aliphatic heterocycles. The predicted octanol–water partition coefficient (Wildman–Crippen LogP) is 5.22. The standard InChI is InChI=1S/C44H38N6O12/c1-5-6-34(50-42(57)33-18-13-27(22-45-33)47-39(54)23(2)21-24-7-14-28(51)15-8-24)43(58)46-26-11-9-25(10-12-26)40(55)48-31-19-16-29(35(52)37(31)61-3)41(56)49-32-20-17-30(44(59)60)36(53)38(32)62-4/h1,7-22,34,51-53H,6H2,2-4H3,(H,46,58)(H,47,54)(H,48,55)(H,49,56)(H,50,57)(H,59,60)/b23-21+/t34-/m0/s1. The number of nitrogens with one attached hydrogen (secondary N) is 5. The third-order valence-electron chi connectivity index (χ3n) is 8.89. The molecule has 0 unspecified atom stereocenters. The van der Waals surface area contributed by atoms with Crippen LogP contribution in [0.3, 0.4) is 0 Å². The van der Waals surface area contributed by atoms with Gasteiger partial charge in [-0.25, -0.2) is 9.78 Å². The number of terminal acetylenes is 1. The minimum absolute atomic E-state index is 0.0130. The number of rotatable bonds is 15. The Hall–Kier alpha value is -8.85. The molecule has 0 saturated carbocycles. The number of ether oxygens (including phenoxy) is 2. The molecule has 1 atom stereocenters. The number of carbonyl (C=O) groups is 6. The number of carboxylic acids is 1. The molecule has 5 aromatic rings. The van der Waals surface area contributed by atoms with Gasteiger partial charge in [-0.3, -0.25) is 24.0 Å². The van der Waals surface area contributed by atoms with Gasteiger partial charge in [0.05, 0.1) is 43.0 Å². The summed E-state index contributed by atoms with van der Waals surface area (Å²) in [6.07, 6.45) is 8.22. The Morgan fingerprint density at radius 3 is 1.85 bits per heavy atom. The van der Waals surface area contributed by atoms with Crippen LogP contribution in [0, 0.1) is 12.3 Å². The van der Waals surface area contributed by atoms with Gasteiger partial charge in [-0.2, -0.15) is 0 Å². The molecular weight excluding hydrogens is 805 g/mol. The van der Waals surface area contributed by atoms with E-state index < -0.39 is 58.6 Å². The second kappa shape index (κ2) is 19.7. The fourth-order valence-corrected chi connectivity index (χ4v) is 5.70. The van der Waals surface area contributed by atoms with Crippen LogP contribution >= 0.6 is 0 Å². The molecule has 9 N–H and O–H groups in total. The summed E-state index contributed by atoms with van der Waals surface area (Å²) in [4.78, 5) is 80.6. The number of aromatic hydroxyl groups is 3. The maximum atomic E-state index is 13.2. The molecule has 0 saturated heterocycles. The van der Waals surface area contributed by atoms with Gasteiger partial charge in [-0.15, -0.1) is 12.3 Å². The number of aromatic nitrogens is 1. The van der Waals surface area contributed by atoms with Crippen molar-refractivity contribution in [3.8, 4) is 41.1 Å². The Balaban J connectivity index is 1.18. The first-order valence-corrected chi connectivity index (χ1v) is 18.2. The van der Waals surface area contributed by atoms with Crippen molar-refractivity contribution in [1.82, 2.24) is 10.3 Å². The molecule has 1 heterocycles. The smallest absolute Gasteiger partial charge is 0.339 e. The largest absolute Gasteiger partial charge is 0.508 e. The number of amides is 5. The third kappa shape index (κ3) is 10.6. The summed E-state index contributed by atoms with van der Waals surface area (Å²) in [5, 5.41) is 52.8. The van der Waals surface area contributed by atoms with Crippen LogP contribution in [0.25, 0.3) is 6.08 Å². The molecule has 4 aromatic carbocycles. The van der Waals surface area contributed by atoms with Gasteiger partial charge in [-0.05, 0) is 91.4 Å². The predicted molar refractivity (Wildman–Crippen MR) is 227 cm³/mol. The van der Waals surface area contributed by atoms with Crippen LogP contribution in [0.1, 0.15) is 60.5 Å². The van der Waals surface area contributed by atoms with E-state index in [-0.39, 0.29) is 57.6 Å². The fourth-order valence-electron chi connectivity index (χ4n) is 5.70. The number of carboxylic acid groups (broad SMARTS) is 1. The zero-order valence-electron chi connectivity index (χ0n) is 33.1. The highest BCUT2D eigenvalue weighted by atomic mass is 16.5. The van der Waals surface area contributed by atoms with Crippen molar-refractivity contribution in [3.05, 3.63) is 125 Å². The van der Waals surface area contributed by atoms with Crippen LogP contribution in [-0.2, 0) is 9.59 Å². The van der Waals surface area contributed by atoms with Crippen LogP contribution in [-0.4, -0.2) is 81.2 Å². The van der Waals surface area contributed by atoms with Crippen molar-refractivity contribution in [3.63, 3.8) is 0 Å². The van der Waals surface area contributed by atoms with Gasteiger partial charge < -0.3 is 56.5 Å².